The lowest BCUT2D eigenvalue weighted by Gasteiger charge is -2.37. The van der Waals surface area contributed by atoms with Gasteiger partial charge in [0.2, 0.25) is 0 Å². The van der Waals surface area contributed by atoms with Crippen molar-refractivity contribution in [2.45, 2.75) is 6.92 Å². The van der Waals surface area contributed by atoms with Crippen molar-refractivity contribution in [3.63, 3.8) is 0 Å². The van der Waals surface area contributed by atoms with Crippen LogP contribution in [0.5, 0.6) is 0 Å². The van der Waals surface area contributed by atoms with Gasteiger partial charge >= 0.3 is 0 Å². The lowest BCUT2D eigenvalue weighted by molar-refractivity contribution is -0.0719. The van der Waals surface area contributed by atoms with Crippen LogP contribution < -0.4 is 4.90 Å². The Bertz CT molecular complexity index is 388. The summed E-state index contributed by atoms with van der Waals surface area (Å²) in [5, 5.41) is 9.05. The summed E-state index contributed by atoms with van der Waals surface area (Å²) < 4.78 is 10.6. The average molecular weight is 206 g/mol. The van der Waals surface area contributed by atoms with E-state index in [2.05, 4.69) is 6.07 Å². The molecule has 2 heterocycles. The molecule has 80 valence electrons. The van der Waals surface area contributed by atoms with Crippen LogP contribution in [0.25, 0.3) is 0 Å². The number of anilines is 1. The van der Waals surface area contributed by atoms with Crippen molar-refractivity contribution in [3.05, 3.63) is 17.9 Å². The van der Waals surface area contributed by atoms with Crippen LogP contribution >= 0.6 is 0 Å². The summed E-state index contributed by atoms with van der Waals surface area (Å²) in [5.74, 6) is 1.68. The topological polar surface area (TPSA) is 49.4 Å². The van der Waals surface area contributed by atoms with Crippen molar-refractivity contribution in [1.82, 2.24) is 0 Å². The van der Waals surface area contributed by atoms with Gasteiger partial charge in [-0.2, -0.15) is 5.26 Å². The average Bonchev–Trinajstić information content (AvgIpc) is 2.58. The Hall–Kier alpha value is -1.47. The number of hydrogen-bond donors (Lipinski definition) is 0. The fourth-order valence-electron chi connectivity index (χ4n) is 1.70. The largest absolute Gasteiger partial charge is 0.446 e. The second kappa shape index (κ2) is 3.59. The maximum Gasteiger partial charge on any atom is 0.195 e. The molecule has 1 aliphatic heterocycles. The summed E-state index contributed by atoms with van der Waals surface area (Å²) in [6, 6.07) is 6.15. The van der Waals surface area contributed by atoms with Crippen LogP contribution in [0.15, 0.2) is 16.5 Å². The van der Waals surface area contributed by atoms with Crippen molar-refractivity contribution in [3.8, 4) is 6.07 Å². The molecule has 0 aliphatic carbocycles. The van der Waals surface area contributed by atoms with E-state index in [1.54, 1.807) is 0 Å². The Labute approximate surface area is 89.0 Å². The number of nitrogens with zero attached hydrogens (tertiary/aromatic N) is 2. The van der Waals surface area contributed by atoms with Crippen LogP contribution in [0.2, 0.25) is 0 Å². The molecule has 2 rings (SSSR count). The summed E-state index contributed by atoms with van der Waals surface area (Å²) in [7, 11) is 1.93. The highest BCUT2D eigenvalue weighted by molar-refractivity contribution is 5.36. The van der Waals surface area contributed by atoms with Crippen LogP contribution in [-0.2, 0) is 4.74 Å². The summed E-state index contributed by atoms with van der Waals surface area (Å²) in [5.41, 5.74) is -0.352. The van der Waals surface area contributed by atoms with Crippen molar-refractivity contribution in [2.24, 2.45) is 5.41 Å². The molecule has 4 heteroatoms. The fraction of sp³-hybridized carbons (Fsp3) is 0.545. The first-order valence-corrected chi connectivity index (χ1v) is 4.92. The Morgan fingerprint density at radius 3 is 2.67 bits per heavy atom. The molecule has 0 aromatic carbocycles. The van der Waals surface area contributed by atoms with Crippen LogP contribution in [-0.4, -0.2) is 26.8 Å². The third-order valence-corrected chi connectivity index (χ3v) is 2.64. The van der Waals surface area contributed by atoms with E-state index in [1.807, 2.05) is 31.0 Å². The molecule has 1 saturated heterocycles. The zero-order valence-electron chi connectivity index (χ0n) is 8.99. The standard InChI is InChI=1S/C11H14N2O2/c1-9-3-4-10(15-9)13(2)6-11(5-12)7-14-8-11/h3-4H,6-8H2,1-2H3. The Balaban J connectivity index is 2.04. The summed E-state index contributed by atoms with van der Waals surface area (Å²) in [4.78, 5) is 1.96. The number of ether oxygens (including phenoxy) is 1. The second-order valence-electron chi connectivity index (χ2n) is 4.13. The van der Waals surface area contributed by atoms with Crippen LogP contribution in [0, 0.1) is 23.7 Å². The van der Waals surface area contributed by atoms with Crippen molar-refractivity contribution in [2.75, 3.05) is 31.7 Å². The number of nitriles is 1. The van der Waals surface area contributed by atoms with E-state index in [-0.39, 0.29) is 5.41 Å². The van der Waals surface area contributed by atoms with E-state index >= 15 is 0 Å². The van der Waals surface area contributed by atoms with Crippen molar-refractivity contribution < 1.29 is 9.15 Å². The molecule has 4 nitrogen and oxygen atoms in total. The van der Waals surface area contributed by atoms with Gasteiger partial charge in [-0.25, -0.2) is 0 Å². The lowest BCUT2D eigenvalue weighted by atomic mass is 9.87. The Morgan fingerprint density at radius 2 is 2.27 bits per heavy atom. The third-order valence-electron chi connectivity index (χ3n) is 2.64. The molecule has 0 spiro atoms. The Morgan fingerprint density at radius 1 is 1.53 bits per heavy atom. The number of furan rings is 1. The van der Waals surface area contributed by atoms with Crippen LogP contribution in [0.3, 0.4) is 0 Å². The highest BCUT2D eigenvalue weighted by Crippen LogP contribution is 2.29. The SMILES string of the molecule is Cc1ccc(N(C)CC2(C#N)COC2)o1. The van der Waals surface area contributed by atoms with Gasteiger partial charge in [-0.3, -0.25) is 0 Å². The summed E-state index contributed by atoms with van der Waals surface area (Å²) in [6.07, 6.45) is 0. The predicted octanol–water partition coefficient (Wildman–Crippen LogP) is 1.56. The van der Waals surface area contributed by atoms with Crippen molar-refractivity contribution >= 4 is 5.88 Å². The van der Waals surface area contributed by atoms with E-state index in [4.69, 9.17) is 14.4 Å². The molecular formula is C11H14N2O2. The molecule has 1 aromatic heterocycles. The maximum absolute atomic E-state index is 9.05. The highest BCUT2D eigenvalue weighted by atomic mass is 16.5. The number of rotatable bonds is 3. The molecule has 0 bridgehead atoms. The molecule has 0 unspecified atom stereocenters. The van der Waals surface area contributed by atoms with Gasteiger partial charge in [0.15, 0.2) is 5.88 Å². The Kier molecular flexibility index (Phi) is 2.41. The first kappa shape index (κ1) is 10.1. The minimum Gasteiger partial charge on any atom is -0.446 e. The molecule has 0 atom stereocenters. The molecule has 1 aromatic rings. The zero-order valence-corrected chi connectivity index (χ0v) is 8.99. The van der Waals surface area contributed by atoms with Gasteiger partial charge in [0, 0.05) is 19.7 Å². The molecule has 15 heavy (non-hydrogen) atoms. The maximum atomic E-state index is 9.05. The van der Waals surface area contributed by atoms with Gasteiger partial charge in [0.25, 0.3) is 0 Å². The smallest absolute Gasteiger partial charge is 0.195 e. The van der Waals surface area contributed by atoms with E-state index < -0.39 is 0 Å². The third kappa shape index (κ3) is 1.83. The lowest BCUT2D eigenvalue weighted by Crippen LogP contribution is -2.49. The first-order chi connectivity index (χ1) is 7.15. The van der Waals surface area contributed by atoms with Gasteiger partial charge < -0.3 is 14.1 Å². The molecule has 1 fully saturated rings. The molecular weight excluding hydrogens is 192 g/mol. The van der Waals surface area contributed by atoms with Crippen LogP contribution in [0.1, 0.15) is 5.76 Å². The van der Waals surface area contributed by atoms with E-state index in [9.17, 15) is 0 Å². The highest BCUT2D eigenvalue weighted by Gasteiger charge is 2.40. The van der Waals surface area contributed by atoms with E-state index in [0.717, 1.165) is 11.6 Å². The zero-order chi connectivity index (χ0) is 10.9. The van der Waals surface area contributed by atoms with Crippen LogP contribution in [0.4, 0.5) is 5.88 Å². The van der Waals surface area contributed by atoms with Gasteiger partial charge in [-0.15, -0.1) is 0 Å². The summed E-state index contributed by atoms with van der Waals surface area (Å²) in [6.45, 7) is 3.60. The molecule has 0 amide bonds. The molecule has 0 radical (unpaired) electrons. The number of aryl methyl sites for hydroxylation is 1. The number of hydrogen-bond acceptors (Lipinski definition) is 4. The molecule has 0 N–H and O–H groups in total. The van der Waals surface area contributed by atoms with Crippen molar-refractivity contribution in [1.29, 1.82) is 5.26 Å². The second-order valence-corrected chi connectivity index (χ2v) is 4.13. The van der Waals surface area contributed by atoms with Gasteiger partial charge in [-0.1, -0.05) is 0 Å². The normalized spacial score (nSPS) is 17.9. The fourth-order valence-corrected chi connectivity index (χ4v) is 1.70. The monoisotopic (exact) mass is 206 g/mol. The first-order valence-electron chi connectivity index (χ1n) is 4.92. The van der Waals surface area contributed by atoms with Gasteiger partial charge in [0.1, 0.15) is 11.2 Å². The van der Waals surface area contributed by atoms with Gasteiger partial charge in [0.05, 0.1) is 19.3 Å². The minimum absolute atomic E-state index is 0.352. The molecule has 1 aliphatic rings. The summed E-state index contributed by atoms with van der Waals surface area (Å²) >= 11 is 0. The van der Waals surface area contributed by atoms with E-state index in [1.165, 1.54) is 0 Å². The van der Waals surface area contributed by atoms with Gasteiger partial charge in [-0.05, 0) is 13.0 Å². The predicted molar refractivity (Wildman–Crippen MR) is 55.6 cm³/mol. The van der Waals surface area contributed by atoms with E-state index in [0.29, 0.717) is 19.8 Å². The minimum atomic E-state index is -0.352. The quantitative estimate of drug-likeness (QED) is 0.753. The molecule has 0 saturated carbocycles.